The van der Waals surface area contributed by atoms with Crippen molar-refractivity contribution in [1.29, 1.82) is 0 Å². The molecule has 0 aliphatic carbocycles. The minimum Gasteiger partial charge on any atom is -0.391 e. The molecule has 0 saturated carbocycles. The molecule has 1 saturated heterocycles. The van der Waals surface area contributed by atoms with E-state index in [1.165, 1.54) is 4.90 Å². The van der Waals surface area contributed by atoms with Gasteiger partial charge in [-0.1, -0.05) is 0 Å². The van der Waals surface area contributed by atoms with E-state index in [1.54, 1.807) is 6.92 Å². The lowest BCUT2D eigenvalue weighted by atomic mass is 10.2. The summed E-state index contributed by atoms with van der Waals surface area (Å²) in [7, 11) is 0. The Bertz CT molecular complexity index is 229. The number of rotatable bonds is 3. The zero-order chi connectivity index (χ0) is 10.7. The van der Waals surface area contributed by atoms with Crippen LogP contribution in [0.25, 0.3) is 0 Å². The molecule has 80 valence electrons. The maximum absolute atomic E-state index is 12.0. The van der Waals surface area contributed by atoms with Gasteiger partial charge in [-0.25, -0.2) is 8.78 Å². The van der Waals surface area contributed by atoms with Gasteiger partial charge in [0, 0.05) is 12.5 Å². The van der Waals surface area contributed by atoms with Gasteiger partial charge < -0.3 is 4.74 Å². The molecule has 6 heteroatoms. The van der Waals surface area contributed by atoms with Crippen LogP contribution in [0.3, 0.4) is 0 Å². The van der Waals surface area contributed by atoms with Gasteiger partial charge in [0.25, 0.3) is 0 Å². The fraction of sp³-hybridized carbons (Fsp3) is 0.750. The van der Waals surface area contributed by atoms with Gasteiger partial charge >= 0.3 is 11.9 Å². The van der Waals surface area contributed by atoms with Gasteiger partial charge in [0.15, 0.2) is 0 Å². The van der Waals surface area contributed by atoms with Crippen LogP contribution < -0.4 is 0 Å². The zero-order valence-electron chi connectivity index (χ0n) is 7.70. The number of carbonyl (C=O) groups is 2. The van der Waals surface area contributed by atoms with Crippen LogP contribution in [0.5, 0.6) is 0 Å². The molecule has 0 radical (unpaired) electrons. The first-order valence-electron chi connectivity index (χ1n) is 4.24. The molecule has 14 heavy (non-hydrogen) atoms. The maximum atomic E-state index is 12.0. The van der Waals surface area contributed by atoms with Crippen molar-refractivity contribution in [3.05, 3.63) is 0 Å². The van der Waals surface area contributed by atoms with E-state index in [0.29, 0.717) is 0 Å². The number of cyclic esters (lactones) is 2. The number of esters is 2. The van der Waals surface area contributed by atoms with Crippen LogP contribution in [-0.2, 0) is 14.3 Å². The summed E-state index contributed by atoms with van der Waals surface area (Å²) in [6.07, 6.45) is -2.78. The molecular formula is C8H11F2NO3. The zero-order valence-corrected chi connectivity index (χ0v) is 7.70. The van der Waals surface area contributed by atoms with E-state index in [2.05, 4.69) is 4.74 Å². The van der Waals surface area contributed by atoms with E-state index < -0.39 is 24.4 Å². The van der Waals surface area contributed by atoms with Crippen molar-refractivity contribution in [2.45, 2.75) is 25.8 Å². The number of halogens is 2. The highest BCUT2D eigenvalue weighted by Crippen LogP contribution is 2.12. The van der Waals surface area contributed by atoms with Crippen LogP contribution in [-0.4, -0.2) is 42.4 Å². The van der Waals surface area contributed by atoms with Gasteiger partial charge in [-0.05, 0) is 6.92 Å². The summed E-state index contributed by atoms with van der Waals surface area (Å²) in [5.74, 6) is -1.36. The van der Waals surface area contributed by atoms with Crippen LogP contribution >= 0.6 is 0 Å². The van der Waals surface area contributed by atoms with Gasteiger partial charge in [0.05, 0.1) is 13.1 Å². The first-order valence-corrected chi connectivity index (χ1v) is 4.24. The molecule has 0 aromatic heterocycles. The van der Waals surface area contributed by atoms with E-state index >= 15 is 0 Å². The summed E-state index contributed by atoms with van der Waals surface area (Å²) in [4.78, 5) is 23.0. The van der Waals surface area contributed by atoms with E-state index in [4.69, 9.17) is 0 Å². The third-order valence-corrected chi connectivity index (χ3v) is 2.03. The number of hydrogen-bond donors (Lipinski definition) is 0. The summed E-state index contributed by atoms with van der Waals surface area (Å²) in [6, 6.07) is -0.494. The second kappa shape index (κ2) is 4.45. The predicted octanol–water partition coefficient (Wildman–Crippen LogP) is 0.415. The monoisotopic (exact) mass is 207 g/mol. The average molecular weight is 207 g/mol. The van der Waals surface area contributed by atoms with Gasteiger partial charge in [-0.15, -0.1) is 0 Å². The Morgan fingerprint density at radius 1 is 1.36 bits per heavy atom. The first kappa shape index (κ1) is 11.0. The summed E-state index contributed by atoms with van der Waals surface area (Å²) >= 11 is 0. The summed E-state index contributed by atoms with van der Waals surface area (Å²) in [5, 5.41) is 0. The van der Waals surface area contributed by atoms with Crippen molar-refractivity contribution in [2.75, 3.05) is 13.1 Å². The van der Waals surface area contributed by atoms with Crippen molar-refractivity contribution in [3.8, 4) is 0 Å². The quantitative estimate of drug-likeness (QED) is 0.497. The highest BCUT2D eigenvalue weighted by Gasteiger charge is 2.29. The molecule has 0 bridgehead atoms. The fourth-order valence-corrected chi connectivity index (χ4v) is 1.30. The van der Waals surface area contributed by atoms with Crippen LogP contribution in [0.4, 0.5) is 8.78 Å². The molecule has 0 N–H and O–H groups in total. The summed E-state index contributed by atoms with van der Waals surface area (Å²) in [5.41, 5.74) is 0. The minimum absolute atomic E-state index is 0.0976. The molecule has 0 amide bonds. The minimum atomic E-state index is -2.43. The maximum Gasteiger partial charge on any atom is 0.327 e. The standard InChI is InChI=1S/C8H11F2NO3/c1-5(2-6(9)10)11-3-7(12)14-8(13)4-11/h5-6H,2-4H2,1H3. The van der Waals surface area contributed by atoms with Gasteiger partial charge in [-0.2, -0.15) is 0 Å². The first-order chi connectivity index (χ1) is 6.49. The van der Waals surface area contributed by atoms with Crippen molar-refractivity contribution >= 4 is 11.9 Å². The number of morpholine rings is 1. The molecule has 1 aliphatic rings. The molecule has 1 unspecified atom stereocenters. The molecule has 0 aromatic carbocycles. The molecule has 0 spiro atoms. The smallest absolute Gasteiger partial charge is 0.327 e. The van der Waals surface area contributed by atoms with E-state index in [9.17, 15) is 18.4 Å². The average Bonchev–Trinajstić information content (AvgIpc) is 2.00. The number of alkyl halides is 2. The van der Waals surface area contributed by atoms with Gasteiger partial charge in [-0.3, -0.25) is 14.5 Å². The highest BCUT2D eigenvalue weighted by atomic mass is 19.3. The Morgan fingerprint density at radius 3 is 2.29 bits per heavy atom. The highest BCUT2D eigenvalue weighted by molar-refractivity contribution is 5.90. The van der Waals surface area contributed by atoms with Crippen molar-refractivity contribution in [1.82, 2.24) is 4.90 Å². The topological polar surface area (TPSA) is 46.6 Å². The van der Waals surface area contributed by atoms with Crippen molar-refractivity contribution in [2.24, 2.45) is 0 Å². The van der Waals surface area contributed by atoms with Gasteiger partial charge in [0.1, 0.15) is 0 Å². The molecule has 1 fully saturated rings. The largest absolute Gasteiger partial charge is 0.391 e. The lowest BCUT2D eigenvalue weighted by Gasteiger charge is -2.29. The Morgan fingerprint density at radius 2 is 1.86 bits per heavy atom. The third-order valence-electron chi connectivity index (χ3n) is 2.03. The predicted molar refractivity (Wildman–Crippen MR) is 42.8 cm³/mol. The summed E-state index contributed by atoms with van der Waals surface area (Å²) in [6.45, 7) is 1.36. The SMILES string of the molecule is CC(CC(F)F)N1CC(=O)OC(=O)C1. The summed E-state index contributed by atoms with van der Waals surface area (Å²) < 4.78 is 28.3. The lowest BCUT2D eigenvalue weighted by molar-refractivity contribution is -0.168. The van der Waals surface area contributed by atoms with Gasteiger partial charge in [0.2, 0.25) is 6.43 Å². The molecule has 4 nitrogen and oxygen atoms in total. The Labute approximate surface area is 79.8 Å². The van der Waals surface area contributed by atoms with Crippen molar-refractivity contribution in [3.63, 3.8) is 0 Å². The lowest BCUT2D eigenvalue weighted by Crippen LogP contribution is -2.47. The van der Waals surface area contributed by atoms with Crippen LogP contribution in [0.2, 0.25) is 0 Å². The Kier molecular flexibility index (Phi) is 3.51. The molecule has 1 heterocycles. The van der Waals surface area contributed by atoms with Crippen LogP contribution in [0, 0.1) is 0 Å². The van der Waals surface area contributed by atoms with E-state index in [-0.39, 0.29) is 19.5 Å². The second-order valence-corrected chi connectivity index (χ2v) is 3.23. The Balaban J connectivity index is 2.50. The third kappa shape index (κ3) is 3.02. The fourth-order valence-electron chi connectivity index (χ4n) is 1.30. The number of hydrogen-bond acceptors (Lipinski definition) is 4. The van der Waals surface area contributed by atoms with E-state index in [0.717, 1.165) is 0 Å². The molecule has 0 aromatic rings. The molecular weight excluding hydrogens is 196 g/mol. The van der Waals surface area contributed by atoms with Crippen molar-refractivity contribution < 1.29 is 23.1 Å². The van der Waals surface area contributed by atoms with E-state index in [1.807, 2.05) is 0 Å². The molecule has 1 atom stereocenters. The molecule has 1 rings (SSSR count). The molecule has 1 aliphatic heterocycles. The van der Waals surface area contributed by atoms with Crippen LogP contribution in [0.15, 0.2) is 0 Å². The second-order valence-electron chi connectivity index (χ2n) is 3.23. The number of nitrogens with zero attached hydrogens (tertiary/aromatic N) is 1. The Hall–Kier alpha value is -1.04. The number of carbonyl (C=O) groups excluding carboxylic acids is 2. The normalized spacial score (nSPS) is 21.1. The number of ether oxygens (including phenoxy) is 1. The van der Waals surface area contributed by atoms with Crippen LogP contribution in [0.1, 0.15) is 13.3 Å².